The maximum atomic E-state index is 12.7. The van der Waals surface area contributed by atoms with Gasteiger partial charge < -0.3 is 5.32 Å². The zero-order valence-electron chi connectivity index (χ0n) is 22.3. The number of ketones is 1. The molecular formula is C33H37N3O. The van der Waals surface area contributed by atoms with Crippen molar-refractivity contribution in [2.75, 3.05) is 6.54 Å². The summed E-state index contributed by atoms with van der Waals surface area (Å²) in [5, 5.41) is 12.8. The normalized spacial score (nSPS) is 11.4. The minimum absolute atomic E-state index is 0.173. The van der Waals surface area contributed by atoms with Crippen molar-refractivity contribution >= 4 is 11.4 Å². The Kier molecular flexibility index (Phi) is 9.98. The molecule has 190 valence electrons. The van der Waals surface area contributed by atoms with Gasteiger partial charge in [-0.3, -0.25) is 9.78 Å². The molecule has 1 N–H and O–H groups in total. The van der Waals surface area contributed by atoms with Crippen molar-refractivity contribution in [3.8, 4) is 17.3 Å². The molecule has 0 aliphatic carbocycles. The minimum atomic E-state index is -0.173. The SMILES string of the molecule is C=C(C)NCC(CC(=C)c1ccc(-c2ccccc2C#N)nc1CCCc1cccc(C)c1)C(=O)CC. The predicted octanol–water partition coefficient (Wildman–Crippen LogP) is 7.23. The van der Waals surface area contributed by atoms with E-state index in [-0.39, 0.29) is 11.7 Å². The van der Waals surface area contributed by atoms with Gasteiger partial charge in [0.1, 0.15) is 5.78 Å². The summed E-state index contributed by atoms with van der Waals surface area (Å²) in [7, 11) is 0. The minimum Gasteiger partial charge on any atom is -0.388 e. The second-order valence-electron chi connectivity index (χ2n) is 9.68. The van der Waals surface area contributed by atoms with Crippen molar-refractivity contribution in [2.45, 2.75) is 52.9 Å². The molecule has 3 aromatic rings. The van der Waals surface area contributed by atoms with Crippen LogP contribution in [0.4, 0.5) is 0 Å². The number of nitriles is 1. The smallest absolute Gasteiger partial charge is 0.137 e. The molecule has 0 radical (unpaired) electrons. The fourth-order valence-electron chi connectivity index (χ4n) is 4.59. The molecule has 0 spiro atoms. The molecule has 1 aromatic heterocycles. The van der Waals surface area contributed by atoms with E-state index in [0.717, 1.165) is 53.0 Å². The number of aryl methyl sites for hydroxylation is 3. The average molecular weight is 492 g/mol. The van der Waals surface area contributed by atoms with E-state index in [2.05, 4.69) is 61.8 Å². The first kappa shape index (κ1) is 27.6. The van der Waals surface area contributed by atoms with Gasteiger partial charge in [-0.15, -0.1) is 0 Å². The number of carbonyl (C=O) groups is 1. The molecule has 3 rings (SSSR count). The molecule has 2 aromatic carbocycles. The van der Waals surface area contributed by atoms with E-state index >= 15 is 0 Å². The molecule has 0 fully saturated rings. The quantitative estimate of drug-likeness (QED) is 0.274. The molecule has 0 bridgehead atoms. The lowest BCUT2D eigenvalue weighted by Gasteiger charge is -2.20. The number of hydrogen-bond donors (Lipinski definition) is 1. The molecule has 0 aliphatic rings. The second kappa shape index (κ2) is 13.4. The van der Waals surface area contributed by atoms with Gasteiger partial charge in [0.15, 0.2) is 0 Å². The van der Waals surface area contributed by atoms with Gasteiger partial charge in [-0.25, -0.2) is 0 Å². The largest absolute Gasteiger partial charge is 0.388 e. The molecule has 37 heavy (non-hydrogen) atoms. The molecule has 0 saturated carbocycles. The van der Waals surface area contributed by atoms with Gasteiger partial charge in [0.05, 0.1) is 17.3 Å². The van der Waals surface area contributed by atoms with Crippen LogP contribution < -0.4 is 5.32 Å². The van der Waals surface area contributed by atoms with E-state index in [1.54, 1.807) is 0 Å². The van der Waals surface area contributed by atoms with E-state index < -0.39 is 0 Å². The fraction of sp³-hybridized carbons (Fsp3) is 0.303. The average Bonchev–Trinajstić information content (AvgIpc) is 2.90. The molecule has 0 aliphatic heterocycles. The van der Waals surface area contributed by atoms with E-state index in [0.29, 0.717) is 24.9 Å². The molecule has 1 atom stereocenters. The Morgan fingerprint density at radius 2 is 1.86 bits per heavy atom. The number of benzene rings is 2. The standard InChI is InChI=1S/C33H37N3O/c1-6-33(37)28(22-35-23(2)3)20-25(5)29-17-18-32(30-15-8-7-14-27(30)21-34)36-31(29)16-10-13-26-12-9-11-24(4)19-26/h7-9,11-12,14-15,17-19,28,35H,2,5-6,10,13,16,20,22H2,1,3-4H3. The molecule has 0 saturated heterocycles. The number of Topliss-reactive ketones (excluding diaryl/α,β-unsaturated/α-hetero) is 1. The summed E-state index contributed by atoms with van der Waals surface area (Å²) in [6.45, 7) is 14.7. The summed E-state index contributed by atoms with van der Waals surface area (Å²) in [5.41, 5.74) is 8.49. The number of aromatic nitrogens is 1. The van der Waals surface area contributed by atoms with Crippen molar-refractivity contribution in [1.29, 1.82) is 5.26 Å². The summed E-state index contributed by atoms with van der Waals surface area (Å²) in [6, 6.07) is 22.4. The van der Waals surface area contributed by atoms with Gasteiger partial charge >= 0.3 is 0 Å². The van der Waals surface area contributed by atoms with Crippen LogP contribution in [-0.4, -0.2) is 17.3 Å². The van der Waals surface area contributed by atoms with Crippen LogP contribution in [0.15, 0.2) is 79.5 Å². The van der Waals surface area contributed by atoms with Crippen molar-refractivity contribution < 1.29 is 4.79 Å². The Labute approximate surface area is 221 Å². The van der Waals surface area contributed by atoms with Crippen LogP contribution >= 0.6 is 0 Å². The lowest BCUT2D eigenvalue weighted by molar-refractivity contribution is -0.122. The molecule has 4 nitrogen and oxygen atoms in total. The lowest BCUT2D eigenvalue weighted by Crippen LogP contribution is -2.27. The zero-order chi connectivity index (χ0) is 26.8. The highest BCUT2D eigenvalue weighted by Gasteiger charge is 2.20. The number of pyridine rings is 1. The summed E-state index contributed by atoms with van der Waals surface area (Å²) in [4.78, 5) is 17.7. The van der Waals surface area contributed by atoms with Crippen LogP contribution in [-0.2, 0) is 17.6 Å². The predicted molar refractivity (Wildman–Crippen MR) is 153 cm³/mol. The van der Waals surface area contributed by atoms with E-state index in [1.165, 1.54) is 11.1 Å². The van der Waals surface area contributed by atoms with Crippen LogP contribution in [0.5, 0.6) is 0 Å². The Morgan fingerprint density at radius 1 is 1.08 bits per heavy atom. The Morgan fingerprint density at radius 3 is 2.57 bits per heavy atom. The van der Waals surface area contributed by atoms with Crippen molar-refractivity contribution in [3.05, 3.63) is 107 Å². The number of allylic oxidation sites excluding steroid dienone is 2. The Bertz CT molecular complexity index is 1320. The van der Waals surface area contributed by atoms with Crippen molar-refractivity contribution in [3.63, 3.8) is 0 Å². The first-order valence-corrected chi connectivity index (χ1v) is 13.0. The van der Waals surface area contributed by atoms with Gasteiger partial charge in [0, 0.05) is 35.8 Å². The molecular weight excluding hydrogens is 454 g/mol. The van der Waals surface area contributed by atoms with E-state index in [9.17, 15) is 10.1 Å². The molecule has 4 heteroatoms. The maximum absolute atomic E-state index is 12.7. The van der Waals surface area contributed by atoms with E-state index in [1.807, 2.05) is 44.2 Å². The third kappa shape index (κ3) is 7.75. The van der Waals surface area contributed by atoms with Gasteiger partial charge in [-0.2, -0.15) is 5.26 Å². The highest BCUT2D eigenvalue weighted by atomic mass is 16.1. The lowest BCUT2D eigenvalue weighted by atomic mass is 9.89. The molecule has 0 amide bonds. The van der Waals surface area contributed by atoms with Crippen LogP contribution in [0.25, 0.3) is 16.8 Å². The third-order valence-electron chi connectivity index (χ3n) is 6.59. The van der Waals surface area contributed by atoms with Gasteiger partial charge in [0.2, 0.25) is 0 Å². The monoisotopic (exact) mass is 491 g/mol. The third-order valence-corrected chi connectivity index (χ3v) is 6.59. The van der Waals surface area contributed by atoms with E-state index in [4.69, 9.17) is 4.98 Å². The Hall–Kier alpha value is -3.97. The zero-order valence-corrected chi connectivity index (χ0v) is 22.3. The summed E-state index contributed by atoms with van der Waals surface area (Å²) in [5.74, 6) is 0.0387. The molecule has 1 unspecified atom stereocenters. The number of nitrogens with zero attached hydrogens (tertiary/aromatic N) is 2. The summed E-state index contributed by atoms with van der Waals surface area (Å²) >= 11 is 0. The van der Waals surface area contributed by atoms with Crippen molar-refractivity contribution in [2.24, 2.45) is 5.92 Å². The fourth-order valence-corrected chi connectivity index (χ4v) is 4.59. The number of rotatable bonds is 13. The number of hydrogen-bond acceptors (Lipinski definition) is 4. The first-order valence-electron chi connectivity index (χ1n) is 13.0. The van der Waals surface area contributed by atoms with Gasteiger partial charge in [-0.05, 0) is 68.4 Å². The van der Waals surface area contributed by atoms with Crippen molar-refractivity contribution in [1.82, 2.24) is 10.3 Å². The molecule has 1 heterocycles. The summed E-state index contributed by atoms with van der Waals surface area (Å²) < 4.78 is 0. The number of nitrogens with one attached hydrogen (secondary N) is 1. The van der Waals surface area contributed by atoms with Gasteiger partial charge in [-0.1, -0.05) is 74.2 Å². The topological polar surface area (TPSA) is 65.8 Å². The van der Waals surface area contributed by atoms with Gasteiger partial charge in [0.25, 0.3) is 0 Å². The van der Waals surface area contributed by atoms with Crippen LogP contribution in [0.1, 0.15) is 61.1 Å². The van der Waals surface area contributed by atoms with Crippen LogP contribution in [0.2, 0.25) is 0 Å². The highest BCUT2D eigenvalue weighted by Crippen LogP contribution is 2.29. The second-order valence-corrected chi connectivity index (χ2v) is 9.68. The highest BCUT2D eigenvalue weighted by molar-refractivity contribution is 5.83. The van der Waals surface area contributed by atoms with Crippen LogP contribution in [0.3, 0.4) is 0 Å². The maximum Gasteiger partial charge on any atom is 0.137 e. The number of carbonyl (C=O) groups excluding carboxylic acids is 1. The van der Waals surface area contributed by atoms with Crippen LogP contribution in [0, 0.1) is 24.2 Å². The first-order chi connectivity index (χ1) is 17.8. The summed E-state index contributed by atoms with van der Waals surface area (Å²) in [6.07, 6.45) is 3.72. The Balaban J connectivity index is 1.91.